The van der Waals surface area contributed by atoms with Gasteiger partial charge in [-0.2, -0.15) is 0 Å². The van der Waals surface area contributed by atoms with E-state index in [0.29, 0.717) is 18.2 Å². The highest BCUT2D eigenvalue weighted by molar-refractivity contribution is 5.65. The van der Waals surface area contributed by atoms with Gasteiger partial charge in [-0.25, -0.2) is 4.39 Å². The van der Waals surface area contributed by atoms with Crippen molar-refractivity contribution in [3.05, 3.63) is 53.8 Å². The molecule has 0 amide bonds. The van der Waals surface area contributed by atoms with Crippen LogP contribution in [0.25, 0.3) is 11.1 Å². The second-order valence-electron chi connectivity index (χ2n) is 5.08. The first-order valence-electron chi connectivity index (χ1n) is 6.76. The Bertz CT molecular complexity index is 564. The maximum Gasteiger partial charge on any atom is 0.131 e. The fourth-order valence-electron chi connectivity index (χ4n) is 2.00. The Morgan fingerprint density at radius 3 is 2.35 bits per heavy atom. The smallest absolute Gasteiger partial charge is 0.131 e. The standard InChI is InChI=1S/C17H20FNO/c1-12(2)19-11-13-4-9-16(17(18)10-13)14-5-7-15(20-3)8-6-14/h4-10,12,19H,11H2,1-3H3. The van der Waals surface area contributed by atoms with Crippen molar-refractivity contribution < 1.29 is 9.13 Å². The topological polar surface area (TPSA) is 21.3 Å². The number of halogens is 1. The lowest BCUT2D eigenvalue weighted by atomic mass is 10.0. The molecule has 0 atom stereocenters. The summed E-state index contributed by atoms with van der Waals surface area (Å²) in [5.74, 6) is 0.574. The molecule has 2 aromatic rings. The Labute approximate surface area is 119 Å². The minimum absolute atomic E-state index is 0.196. The fourth-order valence-corrected chi connectivity index (χ4v) is 2.00. The number of benzene rings is 2. The van der Waals surface area contributed by atoms with E-state index in [1.54, 1.807) is 13.2 Å². The molecule has 20 heavy (non-hydrogen) atoms. The average molecular weight is 273 g/mol. The van der Waals surface area contributed by atoms with Gasteiger partial charge in [0.2, 0.25) is 0 Å². The van der Waals surface area contributed by atoms with E-state index in [1.807, 2.05) is 36.4 Å². The number of methoxy groups -OCH3 is 1. The summed E-state index contributed by atoms with van der Waals surface area (Å²) in [5.41, 5.74) is 2.42. The number of hydrogen-bond donors (Lipinski definition) is 1. The number of ether oxygens (including phenoxy) is 1. The molecule has 2 nitrogen and oxygen atoms in total. The summed E-state index contributed by atoms with van der Waals surface area (Å²) < 4.78 is 19.3. The van der Waals surface area contributed by atoms with Gasteiger partial charge in [-0.1, -0.05) is 38.1 Å². The average Bonchev–Trinajstić information content (AvgIpc) is 2.45. The van der Waals surface area contributed by atoms with Crippen LogP contribution in [-0.4, -0.2) is 13.2 Å². The minimum atomic E-state index is -0.196. The lowest BCUT2D eigenvalue weighted by molar-refractivity contribution is 0.415. The lowest BCUT2D eigenvalue weighted by Crippen LogP contribution is -2.21. The van der Waals surface area contributed by atoms with Crippen molar-refractivity contribution in [2.24, 2.45) is 0 Å². The van der Waals surface area contributed by atoms with Gasteiger partial charge in [-0.05, 0) is 29.3 Å². The van der Waals surface area contributed by atoms with E-state index in [-0.39, 0.29) is 5.82 Å². The number of rotatable bonds is 5. The van der Waals surface area contributed by atoms with E-state index in [0.717, 1.165) is 16.9 Å². The molecule has 0 aliphatic rings. The van der Waals surface area contributed by atoms with Crippen LogP contribution < -0.4 is 10.1 Å². The monoisotopic (exact) mass is 273 g/mol. The zero-order valence-electron chi connectivity index (χ0n) is 12.1. The van der Waals surface area contributed by atoms with Crippen LogP contribution >= 0.6 is 0 Å². The predicted octanol–water partition coefficient (Wildman–Crippen LogP) is 4.00. The van der Waals surface area contributed by atoms with Gasteiger partial charge in [0.25, 0.3) is 0 Å². The highest BCUT2D eigenvalue weighted by atomic mass is 19.1. The molecule has 0 unspecified atom stereocenters. The quantitative estimate of drug-likeness (QED) is 0.889. The largest absolute Gasteiger partial charge is 0.497 e. The molecule has 0 saturated carbocycles. The van der Waals surface area contributed by atoms with Crippen LogP contribution in [0.1, 0.15) is 19.4 Å². The third kappa shape index (κ3) is 3.58. The molecule has 2 rings (SSSR count). The SMILES string of the molecule is COc1ccc(-c2ccc(CNC(C)C)cc2F)cc1. The second-order valence-corrected chi connectivity index (χ2v) is 5.08. The number of nitrogens with one attached hydrogen (secondary N) is 1. The summed E-state index contributed by atoms with van der Waals surface area (Å²) in [7, 11) is 1.62. The van der Waals surface area contributed by atoms with Gasteiger partial charge in [0.05, 0.1) is 7.11 Å². The van der Waals surface area contributed by atoms with Gasteiger partial charge in [0, 0.05) is 18.2 Å². The zero-order valence-corrected chi connectivity index (χ0v) is 12.1. The normalized spacial score (nSPS) is 10.8. The van der Waals surface area contributed by atoms with Crippen molar-refractivity contribution in [3.8, 4) is 16.9 Å². The first-order valence-corrected chi connectivity index (χ1v) is 6.76. The highest BCUT2D eigenvalue weighted by Gasteiger charge is 2.06. The summed E-state index contributed by atoms with van der Waals surface area (Å²) in [6, 6.07) is 13.2. The molecule has 1 N–H and O–H groups in total. The van der Waals surface area contributed by atoms with Gasteiger partial charge in [-0.15, -0.1) is 0 Å². The van der Waals surface area contributed by atoms with Crippen molar-refractivity contribution in [2.45, 2.75) is 26.4 Å². The Morgan fingerprint density at radius 1 is 1.10 bits per heavy atom. The molecular weight excluding hydrogens is 253 g/mol. The molecule has 2 aromatic carbocycles. The Balaban J connectivity index is 2.20. The van der Waals surface area contributed by atoms with E-state index in [9.17, 15) is 4.39 Å². The van der Waals surface area contributed by atoms with Crippen LogP contribution in [0, 0.1) is 5.82 Å². The van der Waals surface area contributed by atoms with E-state index in [2.05, 4.69) is 19.2 Å². The second kappa shape index (κ2) is 6.53. The van der Waals surface area contributed by atoms with Gasteiger partial charge < -0.3 is 10.1 Å². The molecule has 106 valence electrons. The third-order valence-corrected chi connectivity index (χ3v) is 3.15. The van der Waals surface area contributed by atoms with Crippen LogP contribution in [-0.2, 0) is 6.54 Å². The Morgan fingerprint density at radius 2 is 1.80 bits per heavy atom. The Hall–Kier alpha value is -1.87. The van der Waals surface area contributed by atoms with Crippen molar-refractivity contribution in [3.63, 3.8) is 0 Å². The van der Waals surface area contributed by atoms with Crippen molar-refractivity contribution >= 4 is 0 Å². The molecule has 0 spiro atoms. The van der Waals surface area contributed by atoms with Crippen LogP contribution in [0.3, 0.4) is 0 Å². The first kappa shape index (κ1) is 14.5. The summed E-state index contributed by atoms with van der Waals surface area (Å²) in [5, 5.41) is 3.28. The molecule has 0 radical (unpaired) electrons. The maximum absolute atomic E-state index is 14.2. The van der Waals surface area contributed by atoms with Gasteiger partial charge >= 0.3 is 0 Å². The first-order chi connectivity index (χ1) is 9.60. The highest BCUT2D eigenvalue weighted by Crippen LogP contribution is 2.25. The maximum atomic E-state index is 14.2. The molecule has 0 aliphatic carbocycles. The predicted molar refractivity (Wildman–Crippen MR) is 80.4 cm³/mol. The van der Waals surface area contributed by atoms with Crippen LogP contribution in [0.15, 0.2) is 42.5 Å². The molecule has 3 heteroatoms. The van der Waals surface area contributed by atoms with Gasteiger partial charge in [-0.3, -0.25) is 0 Å². The van der Waals surface area contributed by atoms with Crippen molar-refractivity contribution in [1.82, 2.24) is 5.32 Å². The van der Waals surface area contributed by atoms with Gasteiger partial charge in [0.15, 0.2) is 0 Å². The fraction of sp³-hybridized carbons (Fsp3) is 0.294. The van der Waals surface area contributed by atoms with Crippen molar-refractivity contribution in [2.75, 3.05) is 7.11 Å². The van der Waals surface area contributed by atoms with E-state index in [4.69, 9.17) is 4.74 Å². The Kier molecular flexibility index (Phi) is 4.74. The summed E-state index contributed by atoms with van der Waals surface area (Å²) in [6.07, 6.45) is 0. The molecule has 0 bridgehead atoms. The van der Waals surface area contributed by atoms with E-state index >= 15 is 0 Å². The molecule has 0 aromatic heterocycles. The third-order valence-electron chi connectivity index (χ3n) is 3.15. The molecule has 0 fully saturated rings. The van der Waals surface area contributed by atoms with Crippen molar-refractivity contribution in [1.29, 1.82) is 0 Å². The van der Waals surface area contributed by atoms with Crippen LogP contribution in [0.5, 0.6) is 5.75 Å². The molecule has 0 saturated heterocycles. The van der Waals surface area contributed by atoms with Gasteiger partial charge in [0.1, 0.15) is 11.6 Å². The van der Waals surface area contributed by atoms with E-state index in [1.165, 1.54) is 0 Å². The minimum Gasteiger partial charge on any atom is -0.497 e. The molecule has 0 heterocycles. The summed E-state index contributed by atoms with van der Waals surface area (Å²) >= 11 is 0. The molecular formula is C17H20FNO. The van der Waals surface area contributed by atoms with E-state index < -0.39 is 0 Å². The summed E-state index contributed by atoms with van der Waals surface area (Å²) in [6.45, 7) is 4.82. The lowest BCUT2D eigenvalue weighted by Gasteiger charge is -2.10. The molecule has 0 aliphatic heterocycles. The number of hydrogen-bond acceptors (Lipinski definition) is 2. The van der Waals surface area contributed by atoms with Crippen LogP contribution in [0.2, 0.25) is 0 Å². The summed E-state index contributed by atoms with van der Waals surface area (Å²) in [4.78, 5) is 0. The van der Waals surface area contributed by atoms with Crippen LogP contribution in [0.4, 0.5) is 4.39 Å². The zero-order chi connectivity index (χ0) is 14.5.